The van der Waals surface area contributed by atoms with E-state index < -0.39 is 5.72 Å². The van der Waals surface area contributed by atoms with Crippen molar-refractivity contribution in [2.24, 2.45) is 7.05 Å². The fraction of sp³-hybridized carbons (Fsp3) is 0.333. The summed E-state index contributed by atoms with van der Waals surface area (Å²) in [6, 6.07) is 17.2. The second-order valence-electron chi connectivity index (χ2n) is 8.21. The average molecular weight is 420 g/mol. The number of aromatic nitrogens is 2. The Balaban J connectivity index is 1.62. The molecule has 2 aliphatic heterocycles. The normalized spacial score (nSPS) is 20.5. The first-order valence-corrected chi connectivity index (χ1v) is 10.6. The number of nitrogens with zero attached hydrogens (tertiary/aromatic N) is 4. The number of hydrogen-bond donors (Lipinski definition) is 1. The number of para-hydroxylation sites is 1. The Bertz CT molecular complexity index is 1220. The summed E-state index contributed by atoms with van der Waals surface area (Å²) in [7, 11) is 3.53. The van der Waals surface area contributed by atoms with E-state index in [-0.39, 0.29) is 5.56 Å². The molecule has 1 aromatic heterocycles. The number of anilines is 1. The predicted molar refractivity (Wildman–Crippen MR) is 119 cm³/mol. The molecule has 0 unspecified atom stereocenters. The molecule has 2 aliphatic rings. The summed E-state index contributed by atoms with van der Waals surface area (Å²) in [5.74, 6) is 1.75. The third-order valence-electron chi connectivity index (χ3n) is 6.58. The van der Waals surface area contributed by atoms with Crippen molar-refractivity contribution < 1.29 is 14.4 Å². The van der Waals surface area contributed by atoms with Crippen LogP contribution < -0.4 is 15.2 Å². The van der Waals surface area contributed by atoms with Crippen molar-refractivity contribution >= 4 is 11.5 Å². The quantitative estimate of drug-likeness (QED) is 0.660. The number of hydrogen-bond acceptors (Lipinski definition) is 4. The molecule has 0 radical (unpaired) electrons. The average Bonchev–Trinajstić information content (AvgIpc) is 3.44. The van der Waals surface area contributed by atoms with Crippen molar-refractivity contribution in [3.8, 4) is 11.4 Å². The Kier molecular flexibility index (Phi) is 4.51. The van der Waals surface area contributed by atoms with Gasteiger partial charge in [-0.1, -0.05) is 18.2 Å². The lowest BCUT2D eigenvalue weighted by Gasteiger charge is -2.23. The number of β-amino-alcohol motifs (C(OH)–C–C–N with tert-alkyl or cyclic N) is 1. The number of ether oxygens (including phenoxy) is 1. The molecule has 0 amide bonds. The van der Waals surface area contributed by atoms with E-state index in [1.54, 1.807) is 11.8 Å². The zero-order valence-corrected chi connectivity index (χ0v) is 18.1. The summed E-state index contributed by atoms with van der Waals surface area (Å²) in [4.78, 5) is 15.6. The lowest BCUT2D eigenvalue weighted by atomic mass is 10.0. The van der Waals surface area contributed by atoms with Crippen LogP contribution in [0.2, 0.25) is 0 Å². The second-order valence-corrected chi connectivity index (χ2v) is 8.21. The van der Waals surface area contributed by atoms with Gasteiger partial charge in [-0.25, -0.2) is 14.2 Å². The van der Waals surface area contributed by atoms with Crippen LogP contribution >= 0.6 is 0 Å². The first-order valence-electron chi connectivity index (χ1n) is 10.6. The lowest BCUT2D eigenvalue weighted by Crippen LogP contribution is -2.41. The van der Waals surface area contributed by atoms with E-state index in [4.69, 9.17) is 4.74 Å². The Morgan fingerprint density at radius 1 is 1.10 bits per heavy atom. The third-order valence-corrected chi connectivity index (χ3v) is 6.58. The molecule has 0 spiro atoms. The highest BCUT2D eigenvalue weighted by atomic mass is 16.5. The van der Waals surface area contributed by atoms with Gasteiger partial charge in [-0.15, -0.1) is 0 Å². The van der Waals surface area contributed by atoms with Gasteiger partial charge in [0.1, 0.15) is 5.75 Å². The Morgan fingerprint density at radius 2 is 1.81 bits per heavy atom. The molecular formula is C24H27N4O3+. The minimum absolute atomic E-state index is 0.0791. The second kappa shape index (κ2) is 7.13. The SMILES string of the molecule is COc1ccc([C@]2(O)CN(c3c(C)n(C)n(-c4ccccc4)c3=O)C3=[N+]2CCC3)cc1. The van der Waals surface area contributed by atoms with E-state index in [0.717, 1.165) is 47.9 Å². The standard InChI is InChI=1S/C24H27N4O3/c1-17-22(23(29)28(25(17)2)19-8-5-4-6-9-19)26-16-24(30,27-15-7-10-21(26)27)18-11-13-20(31-3)14-12-18/h4-6,8-9,11-14,30H,7,10,15-16H2,1-3H3/q+1/t24-/m1/s1. The number of benzene rings is 2. The molecule has 1 atom stereocenters. The number of rotatable bonds is 4. The summed E-state index contributed by atoms with van der Waals surface area (Å²) in [6.07, 6.45) is 1.78. The van der Waals surface area contributed by atoms with Gasteiger partial charge in [0, 0.05) is 12.6 Å². The van der Waals surface area contributed by atoms with E-state index in [0.29, 0.717) is 12.2 Å². The van der Waals surface area contributed by atoms with Crippen LogP contribution in [0, 0.1) is 6.92 Å². The van der Waals surface area contributed by atoms with Crippen molar-refractivity contribution in [2.45, 2.75) is 25.5 Å². The predicted octanol–water partition coefficient (Wildman–Crippen LogP) is 2.36. The molecule has 0 saturated heterocycles. The molecule has 7 heteroatoms. The largest absolute Gasteiger partial charge is 0.497 e. The molecule has 5 rings (SSSR count). The maximum atomic E-state index is 13.6. The Morgan fingerprint density at radius 3 is 2.48 bits per heavy atom. The van der Waals surface area contributed by atoms with Crippen LogP contribution in [0.15, 0.2) is 59.4 Å². The molecule has 0 aliphatic carbocycles. The van der Waals surface area contributed by atoms with Gasteiger partial charge in [-0.3, -0.25) is 9.48 Å². The monoisotopic (exact) mass is 419 g/mol. The maximum Gasteiger partial charge on any atom is 0.318 e. The van der Waals surface area contributed by atoms with E-state index in [1.165, 1.54) is 0 Å². The van der Waals surface area contributed by atoms with Crippen LogP contribution in [0.4, 0.5) is 5.69 Å². The summed E-state index contributed by atoms with van der Waals surface area (Å²) < 4.78 is 10.9. The topological polar surface area (TPSA) is 62.6 Å². The molecule has 160 valence electrons. The summed E-state index contributed by atoms with van der Waals surface area (Å²) >= 11 is 0. The van der Waals surface area contributed by atoms with Gasteiger partial charge >= 0.3 is 5.56 Å². The fourth-order valence-electron chi connectivity index (χ4n) is 4.91. The molecular weight excluding hydrogens is 392 g/mol. The van der Waals surface area contributed by atoms with Gasteiger partial charge in [0.15, 0.2) is 6.54 Å². The van der Waals surface area contributed by atoms with Crippen LogP contribution in [0.5, 0.6) is 5.75 Å². The van der Waals surface area contributed by atoms with E-state index in [1.807, 2.05) is 82.7 Å². The van der Waals surface area contributed by atoms with Gasteiger partial charge < -0.3 is 9.84 Å². The van der Waals surface area contributed by atoms with Crippen LogP contribution in [0.3, 0.4) is 0 Å². The van der Waals surface area contributed by atoms with Gasteiger partial charge in [-0.2, -0.15) is 0 Å². The summed E-state index contributed by atoms with van der Waals surface area (Å²) in [5, 5.41) is 11.8. The molecule has 0 bridgehead atoms. The Hall–Kier alpha value is -3.32. The molecule has 0 fully saturated rings. The highest BCUT2D eigenvalue weighted by Gasteiger charge is 2.55. The number of amidine groups is 1. The van der Waals surface area contributed by atoms with Crippen molar-refractivity contribution in [2.75, 3.05) is 25.1 Å². The maximum absolute atomic E-state index is 13.6. The molecule has 1 N–H and O–H groups in total. The fourth-order valence-corrected chi connectivity index (χ4v) is 4.91. The van der Waals surface area contributed by atoms with E-state index in [2.05, 4.69) is 0 Å². The first-order chi connectivity index (χ1) is 15.0. The van der Waals surface area contributed by atoms with Crippen molar-refractivity contribution in [1.29, 1.82) is 0 Å². The highest BCUT2D eigenvalue weighted by molar-refractivity contribution is 5.96. The van der Waals surface area contributed by atoms with Crippen molar-refractivity contribution in [1.82, 2.24) is 9.36 Å². The molecule has 31 heavy (non-hydrogen) atoms. The summed E-state index contributed by atoms with van der Waals surface area (Å²) in [6.45, 7) is 3.03. The Labute approximate surface area is 181 Å². The summed E-state index contributed by atoms with van der Waals surface area (Å²) in [5.41, 5.74) is 1.84. The number of aliphatic hydroxyl groups is 1. The van der Waals surface area contributed by atoms with Gasteiger partial charge in [0.05, 0.1) is 31.5 Å². The zero-order chi connectivity index (χ0) is 21.8. The van der Waals surface area contributed by atoms with Gasteiger partial charge in [0.25, 0.3) is 11.6 Å². The minimum Gasteiger partial charge on any atom is -0.497 e. The van der Waals surface area contributed by atoms with E-state index in [9.17, 15) is 9.90 Å². The zero-order valence-electron chi connectivity index (χ0n) is 18.1. The van der Waals surface area contributed by atoms with Gasteiger partial charge in [-0.05, 0) is 49.7 Å². The smallest absolute Gasteiger partial charge is 0.318 e. The first kappa shape index (κ1) is 19.6. The molecule has 7 nitrogen and oxygen atoms in total. The highest BCUT2D eigenvalue weighted by Crippen LogP contribution is 2.37. The van der Waals surface area contributed by atoms with E-state index >= 15 is 0 Å². The van der Waals surface area contributed by atoms with Crippen LogP contribution in [0.1, 0.15) is 24.1 Å². The molecule has 3 aromatic rings. The van der Waals surface area contributed by atoms with Crippen molar-refractivity contribution in [3.63, 3.8) is 0 Å². The van der Waals surface area contributed by atoms with Crippen LogP contribution in [-0.4, -0.2) is 45.1 Å². The third kappa shape index (κ3) is 2.84. The molecule has 3 heterocycles. The van der Waals surface area contributed by atoms with Gasteiger partial charge in [0.2, 0.25) is 5.69 Å². The lowest BCUT2D eigenvalue weighted by molar-refractivity contribution is -0.652. The van der Waals surface area contributed by atoms with Crippen LogP contribution in [0.25, 0.3) is 5.69 Å². The molecule has 0 saturated carbocycles. The van der Waals surface area contributed by atoms with Crippen molar-refractivity contribution in [3.05, 3.63) is 76.2 Å². The molecule has 2 aromatic carbocycles. The van der Waals surface area contributed by atoms with Crippen LogP contribution in [-0.2, 0) is 12.8 Å². The number of methoxy groups -OCH3 is 1. The minimum atomic E-state index is -1.19.